The zero-order chi connectivity index (χ0) is 19.7. The molecule has 1 unspecified atom stereocenters. The number of methoxy groups -OCH3 is 1. The molecule has 3 heterocycles. The van der Waals surface area contributed by atoms with Crippen molar-refractivity contribution in [3.8, 4) is 10.4 Å². The molecule has 1 N–H and O–H groups in total. The van der Waals surface area contributed by atoms with E-state index in [0.29, 0.717) is 0 Å². The van der Waals surface area contributed by atoms with Crippen LogP contribution in [0.3, 0.4) is 0 Å². The van der Waals surface area contributed by atoms with Gasteiger partial charge in [0.1, 0.15) is 16.5 Å². The fourth-order valence-electron chi connectivity index (χ4n) is 3.74. The summed E-state index contributed by atoms with van der Waals surface area (Å²) in [6.07, 6.45) is 0.387. The Balaban J connectivity index is 1.61. The number of carbonyl (C=O) groups excluding carboxylic acids is 1. The number of rotatable bonds is 4. The third-order valence-corrected chi connectivity index (χ3v) is 6.35. The Labute approximate surface area is 167 Å². The molecule has 3 aromatic rings. The molecule has 0 amide bonds. The largest absolute Gasteiger partial charge is 0.467 e. The van der Waals surface area contributed by atoms with E-state index in [-0.39, 0.29) is 5.92 Å². The lowest BCUT2D eigenvalue weighted by molar-refractivity contribution is -0.153. The maximum absolute atomic E-state index is 11.6. The molecular formula is C21H23N3O3S. The molecule has 1 aliphatic heterocycles. The predicted octanol–water partition coefficient (Wildman–Crippen LogP) is 3.42. The molecule has 146 valence electrons. The van der Waals surface area contributed by atoms with E-state index in [4.69, 9.17) is 4.98 Å². The van der Waals surface area contributed by atoms with Crippen LogP contribution < -0.4 is 4.90 Å². The van der Waals surface area contributed by atoms with Crippen LogP contribution in [-0.4, -0.2) is 47.3 Å². The number of hydrogen-bond donors (Lipinski definition) is 1. The van der Waals surface area contributed by atoms with Crippen LogP contribution in [0.4, 0.5) is 5.82 Å². The Morgan fingerprint density at radius 1 is 1.25 bits per heavy atom. The minimum absolute atomic E-state index is 0.0792. The van der Waals surface area contributed by atoms with Crippen molar-refractivity contribution >= 4 is 33.3 Å². The van der Waals surface area contributed by atoms with Crippen LogP contribution in [0.15, 0.2) is 36.4 Å². The number of aryl methyl sites for hydroxylation is 1. The van der Waals surface area contributed by atoms with Gasteiger partial charge in [0.25, 0.3) is 0 Å². The van der Waals surface area contributed by atoms with Crippen LogP contribution in [0.1, 0.15) is 18.7 Å². The maximum atomic E-state index is 11.6. The Hall–Kier alpha value is -2.51. The molecule has 2 aromatic heterocycles. The first-order valence-electron chi connectivity index (χ1n) is 9.41. The molecule has 1 aliphatic rings. The number of nitrogens with zero attached hydrogens (tertiary/aromatic N) is 3. The average Bonchev–Trinajstić information content (AvgIpc) is 3.16. The molecule has 0 spiro atoms. The molecule has 1 saturated heterocycles. The fraction of sp³-hybridized carbons (Fsp3) is 0.381. The molecule has 0 saturated carbocycles. The van der Waals surface area contributed by atoms with Crippen LogP contribution in [0.5, 0.6) is 0 Å². The summed E-state index contributed by atoms with van der Waals surface area (Å²) in [6, 6.07) is 12.5. The van der Waals surface area contributed by atoms with Gasteiger partial charge in [-0.05, 0) is 37.3 Å². The van der Waals surface area contributed by atoms with Crippen LogP contribution in [-0.2, 0) is 9.53 Å². The summed E-state index contributed by atoms with van der Waals surface area (Å²) in [5, 5.41) is 11.2. The minimum atomic E-state index is -1.05. The molecule has 0 radical (unpaired) electrons. The van der Waals surface area contributed by atoms with Crippen LogP contribution in [0.2, 0.25) is 0 Å². The van der Waals surface area contributed by atoms with E-state index in [1.807, 2.05) is 25.1 Å². The minimum Gasteiger partial charge on any atom is -0.467 e. The molecule has 28 heavy (non-hydrogen) atoms. The van der Waals surface area contributed by atoms with Gasteiger partial charge in [-0.2, -0.15) is 0 Å². The van der Waals surface area contributed by atoms with Crippen molar-refractivity contribution in [2.45, 2.75) is 25.9 Å². The summed E-state index contributed by atoms with van der Waals surface area (Å²) in [5.41, 5.74) is 1.18. The number of aromatic nitrogens is 2. The Morgan fingerprint density at radius 2 is 1.96 bits per heavy atom. The number of hydrogen-bond acceptors (Lipinski definition) is 7. The van der Waals surface area contributed by atoms with Crippen molar-refractivity contribution in [2.24, 2.45) is 5.92 Å². The SMILES string of the molecule is COC(=O)C(O)C1CCN(c2nc(C)nc3sc(-c4ccccc4)cc23)CC1. The summed E-state index contributed by atoms with van der Waals surface area (Å²) in [6.45, 7) is 3.39. The van der Waals surface area contributed by atoms with Gasteiger partial charge in [-0.15, -0.1) is 11.3 Å². The van der Waals surface area contributed by atoms with Gasteiger partial charge in [0.15, 0.2) is 6.10 Å². The zero-order valence-electron chi connectivity index (χ0n) is 16.0. The van der Waals surface area contributed by atoms with Crippen LogP contribution in [0, 0.1) is 12.8 Å². The number of ether oxygens (including phenoxy) is 1. The number of piperidine rings is 1. The second kappa shape index (κ2) is 7.85. The molecule has 0 bridgehead atoms. The third-order valence-electron chi connectivity index (χ3n) is 5.27. The van der Waals surface area contributed by atoms with Gasteiger partial charge in [-0.3, -0.25) is 0 Å². The zero-order valence-corrected chi connectivity index (χ0v) is 16.8. The second-order valence-corrected chi connectivity index (χ2v) is 8.11. The smallest absolute Gasteiger partial charge is 0.334 e. The van der Waals surface area contributed by atoms with Crippen molar-refractivity contribution < 1.29 is 14.6 Å². The molecule has 1 atom stereocenters. The number of esters is 1. The average molecular weight is 398 g/mol. The van der Waals surface area contributed by atoms with E-state index in [9.17, 15) is 9.90 Å². The van der Waals surface area contributed by atoms with Crippen molar-refractivity contribution in [3.63, 3.8) is 0 Å². The van der Waals surface area contributed by atoms with E-state index < -0.39 is 12.1 Å². The van der Waals surface area contributed by atoms with Crippen molar-refractivity contribution in [1.82, 2.24) is 9.97 Å². The number of benzene rings is 1. The first-order chi connectivity index (χ1) is 13.6. The number of aliphatic hydroxyl groups is 1. The van der Waals surface area contributed by atoms with Gasteiger partial charge in [-0.1, -0.05) is 30.3 Å². The van der Waals surface area contributed by atoms with Gasteiger partial charge in [0, 0.05) is 18.0 Å². The van der Waals surface area contributed by atoms with Gasteiger partial charge >= 0.3 is 5.97 Å². The van der Waals surface area contributed by atoms with Gasteiger partial charge in [0.05, 0.1) is 12.5 Å². The van der Waals surface area contributed by atoms with E-state index in [0.717, 1.165) is 47.8 Å². The highest BCUT2D eigenvalue weighted by atomic mass is 32.1. The lowest BCUT2D eigenvalue weighted by atomic mass is 9.91. The standard InChI is InChI=1S/C21H23N3O3S/c1-13-22-19(24-10-8-15(9-11-24)18(25)21(26)27-2)16-12-17(28-20(16)23-13)14-6-4-3-5-7-14/h3-7,12,15,18,25H,8-11H2,1-2H3. The topological polar surface area (TPSA) is 75.6 Å². The van der Waals surface area contributed by atoms with Crippen molar-refractivity contribution in [1.29, 1.82) is 0 Å². The lowest BCUT2D eigenvalue weighted by Crippen LogP contribution is -2.41. The normalized spacial score (nSPS) is 16.3. The number of carbonyl (C=O) groups is 1. The third kappa shape index (κ3) is 3.59. The molecular weight excluding hydrogens is 374 g/mol. The lowest BCUT2D eigenvalue weighted by Gasteiger charge is -2.34. The summed E-state index contributed by atoms with van der Waals surface area (Å²) in [5.74, 6) is 1.06. The number of fused-ring (bicyclic) bond motifs is 1. The molecule has 1 aromatic carbocycles. The quantitative estimate of drug-likeness (QED) is 0.680. The number of thiophene rings is 1. The number of aliphatic hydroxyl groups excluding tert-OH is 1. The first-order valence-corrected chi connectivity index (χ1v) is 10.2. The Kier molecular flexibility index (Phi) is 5.28. The molecule has 7 heteroatoms. The van der Waals surface area contributed by atoms with Crippen LogP contribution >= 0.6 is 11.3 Å². The summed E-state index contributed by atoms with van der Waals surface area (Å²) < 4.78 is 4.67. The molecule has 0 aliphatic carbocycles. The van der Waals surface area contributed by atoms with E-state index in [1.165, 1.54) is 17.6 Å². The Bertz CT molecular complexity index is 981. The van der Waals surface area contributed by atoms with Gasteiger partial charge in [-0.25, -0.2) is 14.8 Å². The van der Waals surface area contributed by atoms with Crippen LogP contribution in [0.25, 0.3) is 20.7 Å². The highest BCUT2D eigenvalue weighted by Crippen LogP contribution is 2.37. The molecule has 4 rings (SSSR count). The predicted molar refractivity (Wildman–Crippen MR) is 111 cm³/mol. The molecule has 6 nitrogen and oxygen atoms in total. The monoisotopic (exact) mass is 397 g/mol. The van der Waals surface area contributed by atoms with Gasteiger partial charge in [0.2, 0.25) is 0 Å². The maximum Gasteiger partial charge on any atom is 0.334 e. The highest BCUT2D eigenvalue weighted by Gasteiger charge is 2.31. The van der Waals surface area contributed by atoms with E-state index in [2.05, 4.69) is 32.8 Å². The van der Waals surface area contributed by atoms with E-state index in [1.54, 1.807) is 11.3 Å². The Morgan fingerprint density at radius 3 is 2.64 bits per heavy atom. The second-order valence-electron chi connectivity index (χ2n) is 7.08. The summed E-state index contributed by atoms with van der Waals surface area (Å²) >= 11 is 1.68. The fourth-order valence-corrected chi connectivity index (χ4v) is 4.81. The summed E-state index contributed by atoms with van der Waals surface area (Å²) in [4.78, 5) is 25.4. The van der Waals surface area contributed by atoms with Crippen molar-refractivity contribution in [3.05, 3.63) is 42.2 Å². The van der Waals surface area contributed by atoms with Gasteiger partial charge < -0.3 is 14.7 Å². The summed E-state index contributed by atoms with van der Waals surface area (Å²) in [7, 11) is 1.31. The van der Waals surface area contributed by atoms with Crippen molar-refractivity contribution in [2.75, 3.05) is 25.1 Å². The first kappa shape index (κ1) is 18.8. The number of anilines is 1. The van der Waals surface area contributed by atoms with E-state index >= 15 is 0 Å². The highest BCUT2D eigenvalue weighted by molar-refractivity contribution is 7.21. The molecule has 1 fully saturated rings.